The highest BCUT2D eigenvalue weighted by atomic mass is 16.7. The van der Waals surface area contributed by atoms with Crippen molar-refractivity contribution in [1.29, 1.82) is 0 Å². The van der Waals surface area contributed by atoms with E-state index in [0.717, 1.165) is 6.42 Å². The van der Waals surface area contributed by atoms with Gasteiger partial charge in [-0.05, 0) is 20.3 Å². The molecule has 0 saturated carbocycles. The predicted octanol–water partition coefficient (Wildman–Crippen LogP) is 3.89. The van der Waals surface area contributed by atoms with Crippen LogP contribution in [0.25, 0.3) is 0 Å². The number of hydrogen-bond donors (Lipinski definition) is 0. The average Bonchev–Trinajstić information content (AvgIpc) is 2.58. The SMILES string of the molecule is C#C[C@H]1OC(C)(C)O[C@@H]1CCCCCCCC. The molecule has 0 spiro atoms. The molecule has 1 aliphatic heterocycles. The summed E-state index contributed by atoms with van der Waals surface area (Å²) in [7, 11) is 0. The van der Waals surface area contributed by atoms with Gasteiger partial charge in [-0.25, -0.2) is 0 Å². The van der Waals surface area contributed by atoms with Crippen molar-refractivity contribution in [1.82, 2.24) is 0 Å². The smallest absolute Gasteiger partial charge is 0.165 e. The number of ether oxygens (including phenoxy) is 2. The standard InChI is InChI=1S/C15H26O2/c1-5-7-8-9-10-11-12-14-13(6-2)16-15(3,4)17-14/h2,13-14H,5,7-12H2,1,3-4H3/t13-,14-/m1/s1. The lowest BCUT2D eigenvalue weighted by molar-refractivity contribution is -0.143. The normalized spacial score (nSPS) is 26.9. The maximum atomic E-state index is 5.82. The topological polar surface area (TPSA) is 18.5 Å². The highest BCUT2D eigenvalue weighted by molar-refractivity contribution is 5.02. The lowest BCUT2D eigenvalue weighted by Gasteiger charge is -2.16. The van der Waals surface area contributed by atoms with E-state index in [4.69, 9.17) is 15.9 Å². The number of rotatable bonds is 7. The zero-order valence-corrected chi connectivity index (χ0v) is 11.5. The van der Waals surface area contributed by atoms with Gasteiger partial charge in [0.2, 0.25) is 0 Å². The van der Waals surface area contributed by atoms with Crippen LogP contribution in [0.15, 0.2) is 0 Å². The number of hydrogen-bond acceptors (Lipinski definition) is 2. The van der Waals surface area contributed by atoms with E-state index in [1.807, 2.05) is 13.8 Å². The van der Waals surface area contributed by atoms with Crippen LogP contribution in [-0.4, -0.2) is 18.0 Å². The summed E-state index contributed by atoms with van der Waals surface area (Å²) in [4.78, 5) is 0. The lowest BCUT2D eigenvalue weighted by atomic mass is 10.0. The Morgan fingerprint density at radius 3 is 2.35 bits per heavy atom. The second-order valence-electron chi connectivity index (χ2n) is 5.32. The van der Waals surface area contributed by atoms with Gasteiger partial charge < -0.3 is 9.47 Å². The molecule has 0 aromatic heterocycles. The van der Waals surface area contributed by atoms with Crippen LogP contribution < -0.4 is 0 Å². The molecule has 98 valence electrons. The van der Waals surface area contributed by atoms with Crippen LogP contribution in [0, 0.1) is 12.3 Å². The van der Waals surface area contributed by atoms with Crippen LogP contribution in [0.5, 0.6) is 0 Å². The summed E-state index contributed by atoms with van der Waals surface area (Å²) < 4.78 is 11.5. The van der Waals surface area contributed by atoms with Crippen molar-refractivity contribution in [3.8, 4) is 12.3 Å². The van der Waals surface area contributed by atoms with E-state index in [1.165, 1.54) is 38.5 Å². The molecule has 0 N–H and O–H groups in total. The van der Waals surface area contributed by atoms with Crippen LogP contribution in [0.3, 0.4) is 0 Å². The van der Waals surface area contributed by atoms with Gasteiger partial charge in [-0.1, -0.05) is 51.4 Å². The maximum Gasteiger partial charge on any atom is 0.165 e. The number of unbranched alkanes of at least 4 members (excludes halogenated alkanes) is 5. The monoisotopic (exact) mass is 238 g/mol. The summed E-state index contributed by atoms with van der Waals surface area (Å²) in [6.45, 7) is 6.10. The zero-order chi connectivity index (χ0) is 12.7. The third-order valence-corrected chi connectivity index (χ3v) is 3.19. The zero-order valence-electron chi connectivity index (χ0n) is 11.5. The van der Waals surface area contributed by atoms with Crippen molar-refractivity contribution in [3.05, 3.63) is 0 Å². The van der Waals surface area contributed by atoms with E-state index < -0.39 is 5.79 Å². The molecule has 1 rings (SSSR count). The molecule has 1 saturated heterocycles. The minimum absolute atomic E-state index is 0.0844. The van der Waals surface area contributed by atoms with Gasteiger partial charge in [-0.15, -0.1) is 6.42 Å². The van der Waals surface area contributed by atoms with Crippen molar-refractivity contribution >= 4 is 0 Å². The van der Waals surface area contributed by atoms with Crippen LogP contribution in [-0.2, 0) is 9.47 Å². The molecule has 0 aromatic rings. The van der Waals surface area contributed by atoms with E-state index in [1.54, 1.807) is 0 Å². The number of terminal acetylenes is 1. The Morgan fingerprint density at radius 2 is 1.71 bits per heavy atom. The molecule has 0 radical (unpaired) electrons. The van der Waals surface area contributed by atoms with E-state index in [2.05, 4.69) is 12.8 Å². The van der Waals surface area contributed by atoms with Gasteiger partial charge in [0.05, 0.1) is 6.10 Å². The van der Waals surface area contributed by atoms with E-state index >= 15 is 0 Å². The summed E-state index contributed by atoms with van der Waals surface area (Å²) in [6.07, 6.45) is 14.2. The highest BCUT2D eigenvalue weighted by Crippen LogP contribution is 2.30. The van der Waals surface area contributed by atoms with Gasteiger partial charge in [0.1, 0.15) is 6.10 Å². The van der Waals surface area contributed by atoms with Gasteiger partial charge >= 0.3 is 0 Å². The van der Waals surface area contributed by atoms with Gasteiger partial charge in [0.25, 0.3) is 0 Å². The Balaban J connectivity index is 2.16. The summed E-state index contributed by atoms with van der Waals surface area (Å²) in [5.41, 5.74) is 0. The van der Waals surface area contributed by atoms with Crippen LogP contribution in [0.1, 0.15) is 65.7 Å². The Hall–Kier alpha value is -0.520. The molecule has 2 heteroatoms. The van der Waals surface area contributed by atoms with Crippen LogP contribution >= 0.6 is 0 Å². The quantitative estimate of drug-likeness (QED) is 0.495. The molecular formula is C15H26O2. The highest BCUT2D eigenvalue weighted by Gasteiger charge is 2.39. The maximum absolute atomic E-state index is 5.82. The minimum atomic E-state index is -0.510. The van der Waals surface area contributed by atoms with Crippen molar-refractivity contribution in [2.75, 3.05) is 0 Å². The molecule has 2 nitrogen and oxygen atoms in total. The van der Waals surface area contributed by atoms with Crippen molar-refractivity contribution < 1.29 is 9.47 Å². The molecule has 0 aromatic carbocycles. The molecule has 0 bridgehead atoms. The molecule has 2 atom stereocenters. The fourth-order valence-corrected chi connectivity index (χ4v) is 2.31. The first kappa shape index (κ1) is 14.5. The Labute approximate surface area is 106 Å². The molecule has 1 heterocycles. The largest absolute Gasteiger partial charge is 0.343 e. The first-order valence-electron chi connectivity index (χ1n) is 6.91. The fourth-order valence-electron chi connectivity index (χ4n) is 2.31. The molecule has 1 aliphatic rings. The van der Waals surface area contributed by atoms with Crippen molar-refractivity contribution in [3.63, 3.8) is 0 Å². The Kier molecular flexibility index (Phi) is 6.02. The van der Waals surface area contributed by atoms with E-state index in [0.29, 0.717) is 0 Å². The first-order valence-corrected chi connectivity index (χ1v) is 6.91. The summed E-state index contributed by atoms with van der Waals surface area (Å²) in [5, 5.41) is 0. The Morgan fingerprint density at radius 1 is 1.06 bits per heavy atom. The first-order chi connectivity index (χ1) is 8.09. The molecule has 0 aliphatic carbocycles. The Bertz CT molecular complexity index is 252. The second kappa shape index (κ2) is 7.03. The summed E-state index contributed by atoms with van der Waals surface area (Å²) >= 11 is 0. The van der Waals surface area contributed by atoms with E-state index in [-0.39, 0.29) is 12.2 Å². The third kappa shape index (κ3) is 5.10. The molecule has 1 fully saturated rings. The molecule has 17 heavy (non-hydrogen) atoms. The van der Waals surface area contributed by atoms with E-state index in [9.17, 15) is 0 Å². The molecular weight excluding hydrogens is 212 g/mol. The van der Waals surface area contributed by atoms with Crippen LogP contribution in [0.2, 0.25) is 0 Å². The fraction of sp³-hybridized carbons (Fsp3) is 0.867. The second-order valence-corrected chi connectivity index (χ2v) is 5.32. The van der Waals surface area contributed by atoms with Crippen LogP contribution in [0.4, 0.5) is 0 Å². The summed E-state index contributed by atoms with van der Waals surface area (Å²) in [6, 6.07) is 0. The molecule has 0 unspecified atom stereocenters. The third-order valence-electron chi connectivity index (χ3n) is 3.19. The van der Waals surface area contributed by atoms with Crippen molar-refractivity contribution in [2.45, 2.75) is 83.7 Å². The molecule has 0 amide bonds. The van der Waals surface area contributed by atoms with Crippen molar-refractivity contribution in [2.24, 2.45) is 0 Å². The van der Waals surface area contributed by atoms with Gasteiger partial charge in [-0.3, -0.25) is 0 Å². The van der Waals surface area contributed by atoms with Gasteiger partial charge in [0, 0.05) is 0 Å². The average molecular weight is 238 g/mol. The predicted molar refractivity (Wildman–Crippen MR) is 70.7 cm³/mol. The van der Waals surface area contributed by atoms with Gasteiger partial charge in [0.15, 0.2) is 5.79 Å². The summed E-state index contributed by atoms with van der Waals surface area (Å²) in [5.74, 6) is 2.17. The van der Waals surface area contributed by atoms with Gasteiger partial charge in [-0.2, -0.15) is 0 Å². The lowest BCUT2D eigenvalue weighted by Crippen LogP contribution is -2.21. The minimum Gasteiger partial charge on any atom is -0.343 e.